The molecule has 1 fully saturated rings. The number of nitrogens with zero attached hydrogens (tertiary/aromatic N) is 1. The van der Waals surface area contributed by atoms with Gasteiger partial charge in [0.05, 0.1) is 0 Å². The highest BCUT2D eigenvalue weighted by atomic mass is 16.5. The first kappa shape index (κ1) is 20.9. The van der Waals surface area contributed by atoms with E-state index in [4.69, 9.17) is 4.74 Å². The Morgan fingerprint density at radius 3 is 2.19 bits per heavy atom. The normalized spacial score (nSPS) is 17.0. The molecule has 148 valence electrons. The van der Waals surface area contributed by atoms with Crippen LogP contribution in [0.3, 0.4) is 0 Å². The molecule has 1 aliphatic rings. The maximum Gasteiger partial charge on any atom is 0.329 e. The first-order valence-corrected chi connectivity index (χ1v) is 9.55. The van der Waals surface area contributed by atoms with Crippen molar-refractivity contribution in [1.29, 1.82) is 0 Å². The average molecular weight is 374 g/mol. The van der Waals surface area contributed by atoms with Gasteiger partial charge in [-0.05, 0) is 26.2 Å². The first-order chi connectivity index (χ1) is 12.7. The minimum Gasteiger partial charge on any atom is -0.446 e. The van der Waals surface area contributed by atoms with Crippen molar-refractivity contribution in [3.05, 3.63) is 35.9 Å². The topological polar surface area (TPSA) is 75.7 Å². The summed E-state index contributed by atoms with van der Waals surface area (Å²) in [5.74, 6) is -1.07. The molecule has 0 aliphatic carbocycles. The zero-order valence-corrected chi connectivity index (χ0v) is 16.7. The maximum atomic E-state index is 13.0. The lowest BCUT2D eigenvalue weighted by atomic mass is 9.95. The SMILES string of the molecule is CC(NC(=O)C(C)(C)C)C(=O)OC(C(=O)N1CCCCC1)c1ccccc1. The maximum absolute atomic E-state index is 13.0. The van der Waals surface area contributed by atoms with Gasteiger partial charge in [0.25, 0.3) is 5.91 Å². The van der Waals surface area contributed by atoms with Crippen molar-refractivity contribution in [2.75, 3.05) is 13.1 Å². The number of rotatable bonds is 5. The lowest BCUT2D eigenvalue weighted by molar-refractivity contribution is -0.163. The van der Waals surface area contributed by atoms with Crippen molar-refractivity contribution < 1.29 is 19.1 Å². The predicted octanol–water partition coefficient (Wildman–Crippen LogP) is 2.83. The zero-order valence-electron chi connectivity index (χ0n) is 16.7. The average Bonchev–Trinajstić information content (AvgIpc) is 2.66. The van der Waals surface area contributed by atoms with Crippen LogP contribution in [-0.4, -0.2) is 41.8 Å². The van der Waals surface area contributed by atoms with E-state index in [0.29, 0.717) is 18.7 Å². The van der Waals surface area contributed by atoms with E-state index in [-0.39, 0.29) is 11.8 Å². The van der Waals surface area contributed by atoms with Crippen LogP contribution in [0.5, 0.6) is 0 Å². The Kier molecular flexibility index (Phi) is 6.99. The van der Waals surface area contributed by atoms with E-state index in [1.807, 2.05) is 18.2 Å². The van der Waals surface area contributed by atoms with Gasteiger partial charge >= 0.3 is 5.97 Å². The third-order valence-corrected chi connectivity index (χ3v) is 4.61. The Bertz CT molecular complexity index is 661. The van der Waals surface area contributed by atoms with Crippen molar-refractivity contribution in [1.82, 2.24) is 10.2 Å². The largest absolute Gasteiger partial charge is 0.446 e. The highest BCUT2D eigenvalue weighted by Crippen LogP contribution is 2.23. The molecule has 0 saturated carbocycles. The van der Waals surface area contributed by atoms with Gasteiger partial charge in [-0.25, -0.2) is 4.79 Å². The minimum absolute atomic E-state index is 0.205. The number of amides is 2. The molecule has 6 heteroatoms. The van der Waals surface area contributed by atoms with Crippen molar-refractivity contribution in [2.24, 2.45) is 5.41 Å². The van der Waals surface area contributed by atoms with Crippen LogP contribution < -0.4 is 5.32 Å². The molecule has 1 saturated heterocycles. The van der Waals surface area contributed by atoms with Crippen LogP contribution in [0.15, 0.2) is 30.3 Å². The molecule has 0 bridgehead atoms. The molecular weight excluding hydrogens is 344 g/mol. The monoisotopic (exact) mass is 374 g/mol. The fourth-order valence-electron chi connectivity index (χ4n) is 2.86. The Labute approximate surface area is 161 Å². The van der Waals surface area contributed by atoms with Crippen molar-refractivity contribution in [3.8, 4) is 0 Å². The van der Waals surface area contributed by atoms with Crippen LogP contribution in [0.4, 0.5) is 0 Å². The number of nitrogens with one attached hydrogen (secondary N) is 1. The first-order valence-electron chi connectivity index (χ1n) is 9.55. The Balaban J connectivity index is 2.13. The van der Waals surface area contributed by atoms with E-state index in [1.54, 1.807) is 44.7 Å². The number of likely N-dealkylation sites (tertiary alicyclic amines) is 1. The third-order valence-electron chi connectivity index (χ3n) is 4.61. The molecule has 6 nitrogen and oxygen atoms in total. The van der Waals surface area contributed by atoms with E-state index >= 15 is 0 Å². The molecule has 2 atom stereocenters. The van der Waals surface area contributed by atoms with Gasteiger partial charge in [-0.15, -0.1) is 0 Å². The van der Waals surface area contributed by atoms with E-state index in [0.717, 1.165) is 19.3 Å². The van der Waals surface area contributed by atoms with Gasteiger partial charge in [0.15, 0.2) is 0 Å². The molecule has 2 unspecified atom stereocenters. The van der Waals surface area contributed by atoms with Gasteiger partial charge in [0.1, 0.15) is 6.04 Å². The fraction of sp³-hybridized carbons (Fsp3) is 0.571. The van der Waals surface area contributed by atoms with E-state index in [2.05, 4.69) is 5.32 Å². The standard InChI is InChI=1S/C21H30N2O4/c1-15(22-20(26)21(2,3)4)19(25)27-17(16-11-7-5-8-12-16)18(24)23-13-9-6-10-14-23/h5,7-8,11-12,15,17H,6,9-10,13-14H2,1-4H3,(H,22,26). The highest BCUT2D eigenvalue weighted by molar-refractivity contribution is 5.89. The second kappa shape index (κ2) is 9.02. The van der Waals surface area contributed by atoms with Crippen LogP contribution in [-0.2, 0) is 19.1 Å². The summed E-state index contributed by atoms with van der Waals surface area (Å²) in [5.41, 5.74) is 0.0209. The number of carbonyl (C=O) groups excluding carboxylic acids is 3. The minimum atomic E-state index is -0.995. The summed E-state index contributed by atoms with van der Waals surface area (Å²) < 4.78 is 5.58. The van der Waals surface area contributed by atoms with Crippen LogP contribution in [0.25, 0.3) is 0 Å². The molecule has 1 aromatic rings. The summed E-state index contributed by atoms with van der Waals surface area (Å²) in [7, 11) is 0. The van der Waals surface area contributed by atoms with Crippen molar-refractivity contribution >= 4 is 17.8 Å². The predicted molar refractivity (Wildman–Crippen MR) is 103 cm³/mol. The molecule has 1 heterocycles. The summed E-state index contributed by atoms with van der Waals surface area (Å²) in [6.07, 6.45) is 2.03. The van der Waals surface area contributed by atoms with Crippen molar-refractivity contribution in [3.63, 3.8) is 0 Å². The molecule has 27 heavy (non-hydrogen) atoms. The van der Waals surface area contributed by atoms with Crippen LogP contribution >= 0.6 is 0 Å². The number of ether oxygens (including phenoxy) is 1. The second-order valence-corrected chi connectivity index (χ2v) is 8.06. The van der Waals surface area contributed by atoms with Gasteiger partial charge in [-0.2, -0.15) is 0 Å². The lowest BCUT2D eigenvalue weighted by Gasteiger charge is -2.31. The summed E-state index contributed by atoms with van der Waals surface area (Å²) in [4.78, 5) is 39.4. The third kappa shape index (κ3) is 5.81. The van der Waals surface area contributed by atoms with E-state index in [1.165, 1.54) is 0 Å². The quantitative estimate of drug-likeness (QED) is 0.804. The fourth-order valence-corrected chi connectivity index (χ4v) is 2.86. The summed E-state index contributed by atoms with van der Waals surface area (Å²) in [6.45, 7) is 8.23. The van der Waals surface area contributed by atoms with Gasteiger partial charge in [0, 0.05) is 24.1 Å². The van der Waals surface area contributed by atoms with Crippen molar-refractivity contribution in [2.45, 2.75) is 59.1 Å². The van der Waals surface area contributed by atoms with Crippen LogP contribution in [0, 0.1) is 5.41 Å². The summed E-state index contributed by atoms with van der Waals surface area (Å²) >= 11 is 0. The van der Waals surface area contributed by atoms with Gasteiger partial charge in [-0.1, -0.05) is 51.1 Å². The molecule has 2 amide bonds. The van der Waals surface area contributed by atoms with Gasteiger partial charge < -0.3 is 15.0 Å². The van der Waals surface area contributed by atoms with Gasteiger partial charge in [0.2, 0.25) is 12.0 Å². The number of hydrogen-bond acceptors (Lipinski definition) is 4. The number of carbonyl (C=O) groups is 3. The Morgan fingerprint density at radius 1 is 1.04 bits per heavy atom. The molecule has 1 aromatic carbocycles. The van der Waals surface area contributed by atoms with E-state index < -0.39 is 23.5 Å². The Morgan fingerprint density at radius 2 is 1.63 bits per heavy atom. The number of hydrogen-bond donors (Lipinski definition) is 1. The number of benzene rings is 1. The molecular formula is C21H30N2O4. The second-order valence-electron chi connectivity index (χ2n) is 8.06. The Hall–Kier alpha value is -2.37. The number of piperidine rings is 1. The van der Waals surface area contributed by atoms with Gasteiger partial charge in [-0.3, -0.25) is 9.59 Å². The summed E-state index contributed by atoms with van der Waals surface area (Å²) in [6, 6.07) is 8.18. The molecule has 1 aliphatic heterocycles. The lowest BCUT2D eigenvalue weighted by Crippen LogP contribution is -2.46. The number of esters is 1. The zero-order chi connectivity index (χ0) is 20.0. The molecule has 0 aromatic heterocycles. The smallest absolute Gasteiger partial charge is 0.329 e. The van der Waals surface area contributed by atoms with Crippen LogP contribution in [0.1, 0.15) is 58.6 Å². The van der Waals surface area contributed by atoms with Crippen LogP contribution in [0.2, 0.25) is 0 Å². The molecule has 0 spiro atoms. The molecule has 1 N–H and O–H groups in total. The summed E-state index contributed by atoms with van der Waals surface area (Å²) in [5, 5.41) is 2.66. The van der Waals surface area contributed by atoms with E-state index in [9.17, 15) is 14.4 Å². The molecule has 0 radical (unpaired) electrons. The molecule has 2 rings (SSSR count). The highest BCUT2D eigenvalue weighted by Gasteiger charge is 2.33.